The van der Waals surface area contributed by atoms with Gasteiger partial charge in [-0.15, -0.1) is 0 Å². The molecule has 0 bridgehead atoms. The maximum Gasteiger partial charge on any atom is 0.292 e. The number of nitrogens with one attached hydrogen (secondary N) is 2. The van der Waals surface area contributed by atoms with Gasteiger partial charge in [0.2, 0.25) is 5.91 Å². The Bertz CT molecular complexity index is 659. The molecule has 1 saturated carbocycles. The van der Waals surface area contributed by atoms with Gasteiger partial charge < -0.3 is 15.5 Å². The van der Waals surface area contributed by atoms with Crippen LogP contribution in [0.2, 0.25) is 0 Å². The van der Waals surface area contributed by atoms with Gasteiger partial charge >= 0.3 is 0 Å². The zero-order chi connectivity index (χ0) is 17.3. The molecule has 1 amide bonds. The Labute approximate surface area is 141 Å². The smallest absolute Gasteiger partial charge is 0.292 e. The van der Waals surface area contributed by atoms with Crippen molar-refractivity contribution in [3.63, 3.8) is 0 Å². The number of nitro benzene ring substituents is 1. The van der Waals surface area contributed by atoms with Gasteiger partial charge in [0.05, 0.1) is 4.92 Å². The molecular weight excluding hydrogens is 308 g/mol. The summed E-state index contributed by atoms with van der Waals surface area (Å²) >= 11 is 0. The standard InChI is InChI=1S/C17H24N4O3/c1-20(2)13-5-3-4-12(9-13)18-15-10-14-11(6-7-17(22)19-14)8-16(15)21(23)24/h8,10,12-13,18H,3-7,9H2,1-2H3,(H,19,22)/t12-,13-/m0/s1. The van der Waals surface area contributed by atoms with Gasteiger partial charge in [-0.2, -0.15) is 0 Å². The lowest BCUT2D eigenvalue weighted by Gasteiger charge is -2.34. The number of rotatable bonds is 4. The van der Waals surface area contributed by atoms with Crippen LogP contribution >= 0.6 is 0 Å². The molecular formula is C17H24N4O3. The number of benzene rings is 1. The first-order valence-electron chi connectivity index (χ1n) is 8.48. The molecule has 1 heterocycles. The van der Waals surface area contributed by atoms with Gasteiger partial charge in [-0.1, -0.05) is 0 Å². The molecule has 2 N–H and O–H groups in total. The number of anilines is 2. The van der Waals surface area contributed by atoms with Crippen LogP contribution in [0.25, 0.3) is 0 Å². The van der Waals surface area contributed by atoms with Crippen molar-refractivity contribution < 1.29 is 9.72 Å². The molecule has 0 unspecified atom stereocenters. The van der Waals surface area contributed by atoms with Gasteiger partial charge in [-0.05, 0) is 57.8 Å². The Morgan fingerprint density at radius 2 is 2.08 bits per heavy atom. The zero-order valence-electron chi connectivity index (χ0n) is 14.2. The monoisotopic (exact) mass is 332 g/mol. The summed E-state index contributed by atoms with van der Waals surface area (Å²) in [5, 5.41) is 17.6. The average Bonchev–Trinajstić information content (AvgIpc) is 2.54. The number of nitro groups is 1. The van der Waals surface area contributed by atoms with Crippen molar-refractivity contribution in [2.75, 3.05) is 24.7 Å². The Balaban J connectivity index is 1.85. The minimum Gasteiger partial charge on any atom is -0.377 e. The number of hydrogen-bond acceptors (Lipinski definition) is 5. The molecule has 0 saturated heterocycles. The van der Waals surface area contributed by atoms with Crippen LogP contribution in [-0.2, 0) is 11.2 Å². The number of fused-ring (bicyclic) bond motifs is 1. The quantitative estimate of drug-likeness (QED) is 0.654. The molecule has 24 heavy (non-hydrogen) atoms. The summed E-state index contributed by atoms with van der Waals surface area (Å²) in [5.41, 5.74) is 2.13. The van der Waals surface area contributed by atoms with Gasteiger partial charge in [0.1, 0.15) is 5.69 Å². The summed E-state index contributed by atoms with van der Waals surface area (Å²) < 4.78 is 0. The number of amides is 1. The lowest BCUT2D eigenvalue weighted by atomic mass is 9.90. The number of hydrogen-bond donors (Lipinski definition) is 2. The highest BCUT2D eigenvalue weighted by atomic mass is 16.6. The second-order valence-electron chi connectivity index (χ2n) is 6.96. The Morgan fingerprint density at radius 1 is 1.29 bits per heavy atom. The molecule has 1 aromatic carbocycles. The molecule has 0 radical (unpaired) electrons. The van der Waals surface area contributed by atoms with Gasteiger partial charge in [-0.3, -0.25) is 14.9 Å². The first-order valence-corrected chi connectivity index (χ1v) is 8.48. The van der Waals surface area contributed by atoms with E-state index in [1.807, 2.05) is 0 Å². The molecule has 1 aliphatic carbocycles. The van der Waals surface area contributed by atoms with Gasteiger partial charge in [0, 0.05) is 30.3 Å². The second-order valence-corrected chi connectivity index (χ2v) is 6.96. The Kier molecular flexibility index (Phi) is 4.71. The minimum absolute atomic E-state index is 0.0346. The van der Waals surface area contributed by atoms with Crippen LogP contribution in [0.15, 0.2) is 12.1 Å². The summed E-state index contributed by atoms with van der Waals surface area (Å²) in [6, 6.07) is 4.03. The molecule has 7 nitrogen and oxygen atoms in total. The van der Waals surface area contributed by atoms with Crippen molar-refractivity contribution in [2.24, 2.45) is 0 Å². The number of carbonyl (C=O) groups excluding carboxylic acids is 1. The van der Waals surface area contributed by atoms with E-state index in [1.165, 1.54) is 0 Å². The fourth-order valence-electron chi connectivity index (χ4n) is 3.67. The average molecular weight is 332 g/mol. The van der Waals surface area contributed by atoms with Crippen LogP contribution in [0.1, 0.15) is 37.7 Å². The molecule has 2 atom stereocenters. The van der Waals surface area contributed by atoms with Gasteiger partial charge in [0.25, 0.3) is 5.69 Å². The molecule has 2 aliphatic rings. The lowest BCUT2D eigenvalue weighted by Crippen LogP contribution is -2.38. The van der Waals surface area contributed by atoms with Crippen LogP contribution in [0, 0.1) is 10.1 Å². The maximum atomic E-state index is 11.6. The zero-order valence-corrected chi connectivity index (χ0v) is 14.2. The number of aryl methyl sites for hydroxylation is 1. The molecule has 0 aromatic heterocycles. The van der Waals surface area contributed by atoms with E-state index in [4.69, 9.17) is 0 Å². The first-order chi connectivity index (χ1) is 11.4. The third-order valence-electron chi connectivity index (χ3n) is 5.05. The van der Waals surface area contributed by atoms with E-state index in [1.54, 1.807) is 12.1 Å². The van der Waals surface area contributed by atoms with E-state index in [-0.39, 0.29) is 22.6 Å². The first kappa shape index (κ1) is 16.7. The third-order valence-corrected chi connectivity index (χ3v) is 5.05. The number of nitrogens with zero attached hydrogens (tertiary/aromatic N) is 2. The molecule has 7 heteroatoms. The van der Waals surface area contributed by atoms with Crippen LogP contribution in [0.5, 0.6) is 0 Å². The van der Waals surface area contributed by atoms with Gasteiger partial charge in [-0.25, -0.2) is 0 Å². The summed E-state index contributed by atoms with van der Waals surface area (Å²) in [7, 11) is 4.15. The van der Waals surface area contributed by atoms with E-state index < -0.39 is 0 Å². The van der Waals surface area contributed by atoms with Crippen molar-refractivity contribution in [1.82, 2.24) is 4.90 Å². The van der Waals surface area contributed by atoms with E-state index in [0.29, 0.717) is 30.3 Å². The van der Waals surface area contributed by atoms with E-state index in [0.717, 1.165) is 31.2 Å². The predicted molar refractivity (Wildman–Crippen MR) is 93.4 cm³/mol. The summed E-state index contributed by atoms with van der Waals surface area (Å²) in [4.78, 5) is 24.9. The normalized spacial score (nSPS) is 23.5. The Hall–Kier alpha value is -2.15. The Morgan fingerprint density at radius 3 is 2.79 bits per heavy atom. The molecule has 130 valence electrons. The lowest BCUT2D eigenvalue weighted by molar-refractivity contribution is -0.384. The molecule has 3 rings (SSSR count). The third kappa shape index (κ3) is 3.51. The molecule has 1 aliphatic heterocycles. The molecule has 1 fully saturated rings. The highest BCUT2D eigenvalue weighted by molar-refractivity contribution is 5.95. The van der Waals surface area contributed by atoms with E-state index in [2.05, 4.69) is 29.6 Å². The minimum atomic E-state index is -0.342. The van der Waals surface area contributed by atoms with Crippen molar-refractivity contribution in [1.29, 1.82) is 0 Å². The topological polar surface area (TPSA) is 87.5 Å². The molecule has 1 aromatic rings. The highest BCUT2D eigenvalue weighted by Crippen LogP contribution is 2.36. The van der Waals surface area contributed by atoms with Crippen LogP contribution in [-0.4, -0.2) is 41.9 Å². The van der Waals surface area contributed by atoms with Crippen LogP contribution in [0.4, 0.5) is 17.1 Å². The van der Waals surface area contributed by atoms with E-state index >= 15 is 0 Å². The predicted octanol–water partition coefficient (Wildman–Crippen LogP) is 2.76. The second kappa shape index (κ2) is 6.76. The maximum absolute atomic E-state index is 11.6. The van der Waals surface area contributed by atoms with Crippen molar-refractivity contribution in [2.45, 2.75) is 50.6 Å². The van der Waals surface area contributed by atoms with Crippen molar-refractivity contribution >= 4 is 23.0 Å². The highest BCUT2D eigenvalue weighted by Gasteiger charge is 2.27. The fourth-order valence-corrected chi connectivity index (χ4v) is 3.67. The fraction of sp³-hybridized carbons (Fsp3) is 0.588. The van der Waals surface area contributed by atoms with E-state index in [9.17, 15) is 14.9 Å². The van der Waals surface area contributed by atoms with Crippen LogP contribution in [0.3, 0.4) is 0 Å². The van der Waals surface area contributed by atoms with Crippen molar-refractivity contribution in [3.05, 3.63) is 27.8 Å². The summed E-state index contributed by atoms with van der Waals surface area (Å²) in [5.74, 6) is -0.0346. The molecule has 0 spiro atoms. The largest absolute Gasteiger partial charge is 0.377 e. The van der Waals surface area contributed by atoms with Gasteiger partial charge in [0.15, 0.2) is 0 Å². The summed E-state index contributed by atoms with van der Waals surface area (Å²) in [6.07, 6.45) is 5.17. The SMILES string of the molecule is CN(C)[C@H]1CCC[C@H](Nc2cc3c(cc2[N+](=O)[O-])CCC(=O)N3)C1. The number of carbonyl (C=O) groups is 1. The van der Waals surface area contributed by atoms with Crippen LogP contribution < -0.4 is 10.6 Å². The van der Waals surface area contributed by atoms with Crippen molar-refractivity contribution in [3.8, 4) is 0 Å². The summed E-state index contributed by atoms with van der Waals surface area (Å²) in [6.45, 7) is 0.